The van der Waals surface area contributed by atoms with E-state index in [1.807, 2.05) is 38.1 Å². The SMILES string of the molecule is CCC(CC)(CN)C(=O)NCc1ccc(OCCN2CCCC2)cc1.Cl.Cl. The number of ether oxygens (including phenoxy) is 1. The summed E-state index contributed by atoms with van der Waals surface area (Å²) < 4.78 is 5.81. The molecule has 0 spiro atoms. The first-order valence-corrected chi connectivity index (χ1v) is 9.56. The second kappa shape index (κ2) is 13.2. The quantitative estimate of drug-likeness (QED) is 0.609. The summed E-state index contributed by atoms with van der Waals surface area (Å²) >= 11 is 0. The number of hydrogen-bond acceptors (Lipinski definition) is 4. The van der Waals surface area contributed by atoms with E-state index in [1.54, 1.807) is 0 Å². The Labute approximate surface area is 176 Å². The van der Waals surface area contributed by atoms with Crippen molar-refractivity contribution < 1.29 is 9.53 Å². The van der Waals surface area contributed by atoms with Crippen LogP contribution >= 0.6 is 24.8 Å². The number of hydrogen-bond donors (Lipinski definition) is 2. The van der Waals surface area contributed by atoms with Gasteiger partial charge in [0.15, 0.2) is 0 Å². The van der Waals surface area contributed by atoms with Crippen molar-refractivity contribution in [2.24, 2.45) is 11.1 Å². The first kappa shape index (κ1) is 26.0. The summed E-state index contributed by atoms with van der Waals surface area (Å²) in [7, 11) is 0. The average molecular weight is 420 g/mol. The second-order valence-electron chi connectivity index (χ2n) is 6.92. The molecular weight excluding hydrogens is 385 g/mol. The summed E-state index contributed by atoms with van der Waals surface area (Å²) in [5.41, 5.74) is 6.45. The van der Waals surface area contributed by atoms with Crippen LogP contribution in [0.4, 0.5) is 0 Å². The van der Waals surface area contributed by atoms with E-state index in [0.29, 0.717) is 13.1 Å². The van der Waals surface area contributed by atoms with Gasteiger partial charge in [-0.3, -0.25) is 9.69 Å². The summed E-state index contributed by atoms with van der Waals surface area (Å²) in [6, 6.07) is 7.96. The smallest absolute Gasteiger partial charge is 0.227 e. The second-order valence-corrected chi connectivity index (χ2v) is 6.92. The summed E-state index contributed by atoms with van der Waals surface area (Å²) in [5.74, 6) is 0.929. The molecule has 156 valence electrons. The average Bonchev–Trinajstić information content (AvgIpc) is 3.16. The third-order valence-corrected chi connectivity index (χ3v) is 5.48. The monoisotopic (exact) mass is 419 g/mol. The minimum atomic E-state index is -0.446. The van der Waals surface area contributed by atoms with E-state index in [2.05, 4.69) is 10.2 Å². The predicted molar refractivity (Wildman–Crippen MR) is 116 cm³/mol. The summed E-state index contributed by atoms with van der Waals surface area (Å²) in [4.78, 5) is 14.9. The molecule has 1 aromatic rings. The molecule has 0 aromatic heterocycles. The number of benzene rings is 1. The predicted octanol–water partition coefficient (Wildman–Crippen LogP) is 3.39. The van der Waals surface area contributed by atoms with Crippen LogP contribution in [-0.2, 0) is 11.3 Å². The summed E-state index contributed by atoms with van der Waals surface area (Å²) in [6.45, 7) is 9.05. The lowest BCUT2D eigenvalue weighted by Crippen LogP contribution is -2.45. The van der Waals surface area contributed by atoms with Crippen molar-refractivity contribution in [3.63, 3.8) is 0 Å². The fraction of sp³-hybridized carbons (Fsp3) is 0.650. The molecule has 1 aromatic carbocycles. The Hall–Kier alpha value is -1.01. The Morgan fingerprint density at radius 1 is 1.15 bits per heavy atom. The van der Waals surface area contributed by atoms with E-state index in [1.165, 1.54) is 25.9 Å². The van der Waals surface area contributed by atoms with Gasteiger partial charge in [-0.1, -0.05) is 26.0 Å². The molecule has 1 aliphatic heterocycles. The molecule has 5 nitrogen and oxygen atoms in total. The van der Waals surface area contributed by atoms with Gasteiger partial charge in [0.05, 0.1) is 5.41 Å². The van der Waals surface area contributed by atoms with E-state index < -0.39 is 5.41 Å². The Morgan fingerprint density at radius 2 is 1.74 bits per heavy atom. The molecule has 0 unspecified atom stereocenters. The van der Waals surface area contributed by atoms with Gasteiger partial charge in [0, 0.05) is 19.6 Å². The van der Waals surface area contributed by atoms with Crippen molar-refractivity contribution in [2.45, 2.75) is 46.1 Å². The van der Waals surface area contributed by atoms with Crippen LogP contribution in [0.1, 0.15) is 45.1 Å². The van der Waals surface area contributed by atoms with Crippen LogP contribution in [0, 0.1) is 5.41 Å². The number of carbonyl (C=O) groups is 1. The zero-order chi connectivity index (χ0) is 18.1. The van der Waals surface area contributed by atoms with Gasteiger partial charge < -0.3 is 15.8 Å². The maximum atomic E-state index is 12.4. The molecule has 3 N–H and O–H groups in total. The minimum Gasteiger partial charge on any atom is -0.492 e. The van der Waals surface area contributed by atoms with Crippen molar-refractivity contribution in [3.8, 4) is 5.75 Å². The van der Waals surface area contributed by atoms with Gasteiger partial charge >= 0.3 is 0 Å². The van der Waals surface area contributed by atoms with Gasteiger partial charge in [-0.2, -0.15) is 0 Å². The molecule has 1 aliphatic rings. The Bertz CT molecular complexity index is 522. The van der Waals surface area contributed by atoms with E-state index in [0.717, 1.165) is 37.3 Å². The minimum absolute atomic E-state index is 0. The largest absolute Gasteiger partial charge is 0.492 e. The number of nitrogens with two attached hydrogens (primary N) is 1. The highest BCUT2D eigenvalue weighted by Gasteiger charge is 2.32. The molecule has 0 aliphatic carbocycles. The van der Waals surface area contributed by atoms with Crippen LogP contribution < -0.4 is 15.8 Å². The van der Waals surface area contributed by atoms with Crippen molar-refractivity contribution >= 4 is 30.7 Å². The molecule has 27 heavy (non-hydrogen) atoms. The van der Waals surface area contributed by atoms with Crippen LogP contribution in [0.15, 0.2) is 24.3 Å². The van der Waals surface area contributed by atoms with Crippen molar-refractivity contribution in [2.75, 3.05) is 32.8 Å². The van der Waals surface area contributed by atoms with Gasteiger partial charge in [0.2, 0.25) is 5.91 Å². The van der Waals surface area contributed by atoms with Crippen LogP contribution in [0.5, 0.6) is 5.75 Å². The van der Waals surface area contributed by atoms with Gasteiger partial charge in [-0.05, 0) is 56.5 Å². The van der Waals surface area contributed by atoms with Crippen LogP contribution in [0.2, 0.25) is 0 Å². The van der Waals surface area contributed by atoms with Gasteiger partial charge in [-0.15, -0.1) is 24.8 Å². The first-order valence-electron chi connectivity index (χ1n) is 9.56. The fourth-order valence-electron chi connectivity index (χ4n) is 3.32. The zero-order valence-corrected chi connectivity index (χ0v) is 18.2. The highest BCUT2D eigenvalue weighted by molar-refractivity contribution is 5.85. The van der Waals surface area contributed by atoms with Crippen molar-refractivity contribution in [3.05, 3.63) is 29.8 Å². The maximum absolute atomic E-state index is 12.4. The zero-order valence-electron chi connectivity index (χ0n) is 16.5. The Morgan fingerprint density at radius 3 is 2.26 bits per heavy atom. The van der Waals surface area contributed by atoms with Crippen LogP contribution in [0.3, 0.4) is 0 Å². The number of carbonyl (C=O) groups excluding carboxylic acids is 1. The normalized spacial score (nSPS) is 14.2. The topological polar surface area (TPSA) is 67.6 Å². The number of rotatable bonds is 10. The summed E-state index contributed by atoms with van der Waals surface area (Å²) in [6.07, 6.45) is 4.13. The fourth-order valence-corrected chi connectivity index (χ4v) is 3.32. The molecule has 1 heterocycles. The lowest BCUT2D eigenvalue weighted by molar-refractivity contribution is -0.131. The third kappa shape index (κ3) is 7.49. The number of halogens is 2. The molecule has 2 rings (SSSR count). The lowest BCUT2D eigenvalue weighted by atomic mass is 9.81. The first-order chi connectivity index (χ1) is 12.1. The standard InChI is InChI=1S/C20H33N3O2.2ClH/c1-3-20(4-2,16-21)19(24)22-15-17-7-9-18(10-8-17)25-14-13-23-11-5-6-12-23;;/h7-10H,3-6,11-16,21H2,1-2H3,(H,22,24);2*1H. The molecule has 0 saturated carbocycles. The highest BCUT2D eigenvalue weighted by Crippen LogP contribution is 2.25. The Kier molecular flexibility index (Phi) is 12.7. The molecular formula is C20H35Cl2N3O2. The van der Waals surface area contributed by atoms with Crippen molar-refractivity contribution in [1.82, 2.24) is 10.2 Å². The third-order valence-electron chi connectivity index (χ3n) is 5.48. The molecule has 0 bridgehead atoms. The number of nitrogens with one attached hydrogen (secondary N) is 1. The number of likely N-dealkylation sites (tertiary alicyclic amines) is 1. The van der Waals surface area contributed by atoms with Gasteiger partial charge in [-0.25, -0.2) is 0 Å². The lowest BCUT2D eigenvalue weighted by Gasteiger charge is -2.28. The molecule has 0 atom stereocenters. The van der Waals surface area contributed by atoms with Crippen molar-refractivity contribution in [1.29, 1.82) is 0 Å². The number of nitrogens with zero attached hydrogens (tertiary/aromatic N) is 1. The Balaban J connectivity index is 0.00000338. The maximum Gasteiger partial charge on any atom is 0.227 e. The molecule has 7 heteroatoms. The summed E-state index contributed by atoms with van der Waals surface area (Å²) in [5, 5.41) is 3.03. The van der Waals surface area contributed by atoms with E-state index in [-0.39, 0.29) is 30.7 Å². The number of amides is 1. The molecule has 0 radical (unpaired) electrons. The van der Waals surface area contributed by atoms with E-state index in [9.17, 15) is 4.79 Å². The molecule has 1 amide bonds. The van der Waals surface area contributed by atoms with E-state index >= 15 is 0 Å². The van der Waals surface area contributed by atoms with Gasteiger partial charge in [0.1, 0.15) is 12.4 Å². The van der Waals surface area contributed by atoms with Crippen LogP contribution in [0.25, 0.3) is 0 Å². The highest BCUT2D eigenvalue weighted by atomic mass is 35.5. The van der Waals surface area contributed by atoms with Gasteiger partial charge in [0.25, 0.3) is 0 Å². The van der Waals surface area contributed by atoms with Crippen LogP contribution in [-0.4, -0.2) is 43.6 Å². The molecule has 1 saturated heterocycles. The van der Waals surface area contributed by atoms with E-state index in [4.69, 9.17) is 10.5 Å². The molecule has 1 fully saturated rings.